The maximum atomic E-state index is 2.45. The second-order valence-electron chi connectivity index (χ2n) is 7.63. The van der Waals surface area contributed by atoms with Crippen LogP contribution in [0.1, 0.15) is 136 Å². The van der Waals surface area contributed by atoms with Crippen molar-refractivity contribution in [2.75, 3.05) is 0 Å². The van der Waals surface area contributed by atoms with Crippen LogP contribution in [0.2, 0.25) is 0 Å². The molecular formula is C22H46. The first-order valence-corrected chi connectivity index (χ1v) is 10.8. The number of rotatable bonds is 18. The number of unbranched alkanes of at least 4 members (excludes halogenated alkanes) is 14. The van der Waals surface area contributed by atoms with E-state index in [1.807, 2.05) is 0 Å². The summed E-state index contributed by atoms with van der Waals surface area (Å²) in [6.45, 7) is 7.06. The van der Waals surface area contributed by atoms with Crippen LogP contribution in [0.25, 0.3) is 0 Å². The van der Waals surface area contributed by atoms with E-state index in [1.165, 1.54) is 116 Å². The van der Waals surface area contributed by atoms with Gasteiger partial charge in [-0.25, -0.2) is 0 Å². The molecule has 0 spiro atoms. The van der Waals surface area contributed by atoms with Crippen molar-refractivity contribution in [2.24, 2.45) is 5.92 Å². The molecule has 0 aliphatic heterocycles. The maximum Gasteiger partial charge on any atom is -0.0443 e. The highest BCUT2D eigenvalue weighted by Crippen LogP contribution is 2.18. The molecule has 0 aliphatic carbocycles. The van der Waals surface area contributed by atoms with Crippen LogP contribution in [-0.4, -0.2) is 0 Å². The van der Waals surface area contributed by atoms with Gasteiger partial charge in [-0.2, -0.15) is 0 Å². The van der Waals surface area contributed by atoms with Crippen molar-refractivity contribution >= 4 is 0 Å². The van der Waals surface area contributed by atoms with E-state index < -0.39 is 0 Å². The lowest BCUT2D eigenvalue weighted by Gasteiger charge is -2.10. The van der Waals surface area contributed by atoms with Crippen LogP contribution in [0, 0.1) is 5.92 Å². The Bertz CT molecular complexity index is 184. The summed E-state index contributed by atoms with van der Waals surface area (Å²) in [4.78, 5) is 0. The molecule has 0 aromatic rings. The summed E-state index contributed by atoms with van der Waals surface area (Å²) in [7, 11) is 0. The first-order valence-electron chi connectivity index (χ1n) is 10.8. The van der Waals surface area contributed by atoms with Gasteiger partial charge in [0.25, 0.3) is 0 Å². The Morgan fingerprint density at radius 2 is 0.682 bits per heavy atom. The Kier molecular flexibility index (Phi) is 19.0. The van der Waals surface area contributed by atoms with Gasteiger partial charge < -0.3 is 0 Å². The van der Waals surface area contributed by atoms with E-state index in [2.05, 4.69) is 20.8 Å². The lowest BCUT2D eigenvalue weighted by atomic mass is 9.96. The minimum atomic E-state index is 0.972. The van der Waals surface area contributed by atoms with Crippen molar-refractivity contribution in [2.45, 2.75) is 136 Å². The third-order valence-corrected chi connectivity index (χ3v) is 5.10. The van der Waals surface area contributed by atoms with Gasteiger partial charge in [0, 0.05) is 0 Å². The van der Waals surface area contributed by atoms with E-state index in [0.717, 1.165) is 5.92 Å². The summed E-state index contributed by atoms with van der Waals surface area (Å²) >= 11 is 0. The fourth-order valence-corrected chi connectivity index (χ4v) is 3.40. The molecule has 0 fully saturated rings. The van der Waals surface area contributed by atoms with Crippen molar-refractivity contribution < 1.29 is 0 Å². The third-order valence-electron chi connectivity index (χ3n) is 5.10. The molecule has 0 aromatic heterocycles. The molecule has 0 N–H and O–H groups in total. The number of hydrogen-bond acceptors (Lipinski definition) is 0. The summed E-state index contributed by atoms with van der Waals surface area (Å²) < 4.78 is 0. The molecule has 1 atom stereocenters. The van der Waals surface area contributed by atoms with Crippen molar-refractivity contribution in [3.8, 4) is 0 Å². The standard InChI is InChI=1S/C22H46/c1-4-6-8-9-10-11-12-13-14-15-16-17-19-21-22(3)20-18-7-5-2/h22H,4-21H2,1-3H3/t22-/m0/s1. The molecule has 0 amide bonds. The van der Waals surface area contributed by atoms with Crippen LogP contribution in [0.5, 0.6) is 0 Å². The molecule has 134 valence electrons. The zero-order valence-electron chi connectivity index (χ0n) is 16.3. The summed E-state index contributed by atoms with van der Waals surface area (Å²) in [6, 6.07) is 0. The summed E-state index contributed by atoms with van der Waals surface area (Å²) in [5.74, 6) is 0.972. The van der Waals surface area contributed by atoms with E-state index >= 15 is 0 Å². The molecule has 0 heteroatoms. The summed E-state index contributed by atoms with van der Waals surface area (Å²) in [5, 5.41) is 0. The first kappa shape index (κ1) is 22.0. The van der Waals surface area contributed by atoms with Gasteiger partial charge in [0.2, 0.25) is 0 Å². The SMILES string of the molecule is CCCCCCCCCCCCCCC[C@@H](C)CCCCC. The van der Waals surface area contributed by atoms with Gasteiger partial charge in [-0.15, -0.1) is 0 Å². The van der Waals surface area contributed by atoms with Crippen LogP contribution >= 0.6 is 0 Å². The monoisotopic (exact) mass is 310 g/mol. The van der Waals surface area contributed by atoms with Crippen molar-refractivity contribution in [3.63, 3.8) is 0 Å². The minimum Gasteiger partial charge on any atom is -0.0654 e. The molecule has 0 heterocycles. The van der Waals surface area contributed by atoms with Gasteiger partial charge >= 0.3 is 0 Å². The van der Waals surface area contributed by atoms with Crippen molar-refractivity contribution in [1.29, 1.82) is 0 Å². The topological polar surface area (TPSA) is 0 Å². The van der Waals surface area contributed by atoms with Crippen LogP contribution in [0.4, 0.5) is 0 Å². The predicted octanol–water partition coefficient (Wildman–Crippen LogP) is 8.68. The fraction of sp³-hybridized carbons (Fsp3) is 1.00. The lowest BCUT2D eigenvalue weighted by Crippen LogP contribution is -1.94. The Morgan fingerprint density at radius 3 is 1.09 bits per heavy atom. The lowest BCUT2D eigenvalue weighted by molar-refractivity contribution is 0.435. The van der Waals surface area contributed by atoms with E-state index in [-0.39, 0.29) is 0 Å². The Labute approximate surface area is 142 Å². The van der Waals surface area contributed by atoms with Gasteiger partial charge in [0.15, 0.2) is 0 Å². The molecule has 0 saturated heterocycles. The van der Waals surface area contributed by atoms with Crippen LogP contribution < -0.4 is 0 Å². The van der Waals surface area contributed by atoms with Gasteiger partial charge in [-0.3, -0.25) is 0 Å². The summed E-state index contributed by atoms with van der Waals surface area (Å²) in [6.07, 6.45) is 26.3. The van der Waals surface area contributed by atoms with E-state index in [1.54, 1.807) is 0 Å². The molecule has 0 rings (SSSR count). The smallest absolute Gasteiger partial charge is 0.0443 e. The van der Waals surface area contributed by atoms with Crippen LogP contribution in [0.15, 0.2) is 0 Å². The molecule has 22 heavy (non-hydrogen) atoms. The average Bonchev–Trinajstić information content (AvgIpc) is 2.52. The molecular weight excluding hydrogens is 264 g/mol. The largest absolute Gasteiger partial charge is 0.0654 e. The number of hydrogen-bond donors (Lipinski definition) is 0. The molecule has 0 unspecified atom stereocenters. The highest BCUT2D eigenvalue weighted by atomic mass is 14.1. The van der Waals surface area contributed by atoms with Crippen molar-refractivity contribution in [3.05, 3.63) is 0 Å². The van der Waals surface area contributed by atoms with Crippen LogP contribution in [0.3, 0.4) is 0 Å². The Hall–Kier alpha value is 0. The summed E-state index contributed by atoms with van der Waals surface area (Å²) in [5.41, 5.74) is 0. The normalized spacial score (nSPS) is 12.7. The molecule has 0 aromatic carbocycles. The van der Waals surface area contributed by atoms with Crippen molar-refractivity contribution in [1.82, 2.24) is 0 Å². The van der Waals surface area contributed by atoms with Gasteiger partial charge in [0.1, 0.15) is 0 Å². The molecule has 0 aliphatic rings. The van der Waals surface area contributed by atoms with Gasteiger partial charge in [-0.1, -0.05) is 136 Å². The molecule has 0 nitrogen and oxygen atoms in total. The average molecular weight is 311 g/mol. The quantitative estimate of drug-likeness (QED) is 0.222. The first-order chi connectivity index (χ1) is 10.8. The zero-order valence-corrected chi connectivity index (χ0v) is 16.3. The Balaban J connectivity index is 3.05. The highest BCUT2D eigenvalue weighted by Gasteiger charge is 2.01. The molecule has 0 bridgehead atoms. The second-order valence-corrected chi connectivity index (χ2v) is 7.63. The van der Waals surface area contributed by atoms with E-state index in [0.29, 0.717) is 0 Å². The van der Waals surface area contributed by atoms with E-state index in [4.69, 9.17) is 0 Å². The Morgan fingerprint density at radius 1 is 0.409 bits per heavy atom. The van der Waals surface area contributed by atoms with Crippen LogP contribution in [-0.2, 0) is 0 Å². The van der Waals surface area contributed by atoms with Gasteiger partial charge in [-0.05, 0) is 5.92 Å². The molecule has 0 saturated carbocycles. The minimum absolute atomic E-state index is 0.972. The predicted molar refractivity (Wildman–Crippen MR) is 104 cm³/mol. The van der Waals surface area contributed by atoms with E-state index in [9.17, 15) is 0 Å². The van der Waals surface area contributed by atoms with Gasteiger partial charge in [0.05, 0.1) is 0 Å². The third kappa shape index (κ3) is 18.1. The maximum absolute atomic E-state index is 2.45. The zero-order chi connectivity index (χ0) is 16.3. The molecule has 0 radical (unpaired) electrons. The second kappa shape index (κ2) is 19.0. The fourth-order valence-electron chi connectivity index (χ4n) is 3.40. The highest BCUT2D eigenvalue weighted by molar-refractivity contribution is 4.55.